The summed E-state index contributed by atoms with van der Waals surface area (Å²) in [5, 5.41) is 8.44. The maximum Gasteiger partial charge on any atom is 0.220 e. The lowest BCUT2D eigenvalue weighted by atomic mass is 10.0. The number of hydrogen-bond acceptors (Lipinski definition) is 4. The highest BCUT2D eigenvalue weighted by Gasteiger charge is 2.07. The Morgan fingerprint density at radius 2 is 0.833 bits per heavy atom. The van der Waals surface area contributed by atoms with E-state index in [1.165, 1.54) is 83.5 Å². The summed E-state index contributed by atoms with van der Waals surface area (Å²) in [5.74, 6) is -0.202. The molecule has 0 rings (SSSR count). The Labute approximate surface area is 222 Å². The van der Waals surface area contributed by atoms with Gasteiger partial charge in [0.15, 0.2) is 0 Å². The van der Waals surface area contributed by atoms with Crippen molar-refractivity contribution in [1.29, 1.82) is 0 Å². The van der Waals surface area contributed by atoms with Gasteiger partial charge in [0.05, 0.1) is 0 Å². The van der Waals surface area contributed by atoms with E-state index in [4.69, 9.17) is 0 Å². The summed E-state index contributed by atoms with van der Waals surface area (Å²) in [6, 6.07) is 0. The lowest BCUT2D eigenvalue weighted by Gasteiger charge is -2.10. The smallest absolute Gasteiger partial charge is 0.220 e. The van der Waals surface area contributed by atoms with Crippen molar-refractivity contribution in [2.24, 2.45) is 0 Å². The molecule has 7 nitrogen and oxygen atoms in total. The van der Waals surface area contributed by atoms with E-state index in [1.807, 2.05) is 14.1 Å². The second-order valence-corrected chi connectivity index (χ2v) is 10.4. The number of rotatable bonds is 26. The van der Waals surface area contributed by atoms with Gasteiger partial charge in [0.1, 0.15) is 0 Å². The molecule has 0 bridgehead atoms. The Kier molecular flexibility index (Phi) is 25.2. The number of unbranched alkanes of at least 4 members (excludes halogenated alkanes) is 14. The number of amides is 3. The largest absolute Gasteiger partial charge is 0.356 e. The van der Waals surface area contributed by atoms with E-state index in [2.05, 4.69) is 27.8 Å². The molecule has 3 amide bonds. The SMILES string of the molecule is CCCCCCCCCCCCCCCCCC(=O)NCCNC(=O)CCC(=O)NCCCN(C)C. The molecule has 0 unspecified atom stereocenters. The van der Waals surface area contributed by atoms with E-state index < -0.39 is 0 Å². The van der Waals surface area contributed by atoms with Gasteiger partial charge in [-0.3, -0.25) is 14.4 Å². The van der Waals surface area contributed by atoms with Crippen molar-refractivity contribution in [3.8, 4) is 0 Å². The van der Waals surface area contributed by atoms with E-state index in [0.29, 0.717) is 26.1 Å². The fourth-order valence-corrected chi connectivity index (χ4v) is 4.18. The zero-order valence-electron chi connectivity index (χ0n) is 23.9. The van der Waals surface area contributed by atoms with E-state index in [9.17, 15) is 14.4 Å². The zero-order valence-corrected chi connectivity index (χ0v) is 23.9. The number of carbonyl (C=O) groups excluding carboxylic acids is 3. The summed E-state index contributed by atoms with van der Waals surface area (Å²) in [5.41, 5.74) is 0. The Morgan fingerprint density at radius 1 is 0.472 bits per heavy atom. The molecule has 0 atom stereocenters. The molecule has 0 saturated carbocycles. The Morgan fingerprint density at radius 3 is 1.25 bits per heavy atom. The first kappa shape index (κ1) is 34.4. The van der Waals surface area contributed by atoms with Crippen molar-refractivity contribution in [1.82, 2.24) is 20.9 Å². The van der Waals surface area contributed by atoms with Crippen LogP contribution in [0.5, 0.6) is 0 Å². The van der Waals surface area contributed by atoms with Crippen LogP contribution >= 0.6 is 0 Å². The lowest BCUT2D eigenvalue weighted by molar-refractivity contribution is -0.126. The van der Waals surface area contributed by atoms with Gasteiger partial charge in [-0.25, -0.2) is 0 Å². The van der Waals surface area contributed by atoms with Crippen molar-refractivity contribution in [3.63, 3.8) is 0 Å². The topological polar surface area (TPSA) is 90.5 Å². The van der Waals surface area contributed by atoms with Crippen LogP contribution in [0.3, 0.4) is 0 Å². The molecule has 0 aliphatic carbocycles. The van der Waals surface area contributed by atoms with Gasteiger partial charge < -0.3 is 20.9 Å². The standard InChI is InChI=1S/C29H58N4O3/c1-4-5-6-7-8-9-10-11-12-13-14-15-16-17-18-20-27(34)31-24-25-32-29(36)22-21-28(35)30-23-19-26-33(2)3/h4-26H2,1-3H3,(H,30,35)(H,31,34)(H,32,36). The van der Waals surface area contributed by atoms with Crippen LogP contribution in [-0.4, -0.2) is 62.9 Å². The Bertz CT molecular complexity index is 541. The molecule has 0 saturated heterocycles. The minimum absolute atomic E-state index is 0.0519. The normalized spacial score (nSPS) is 11.0. The summed E-state index contributed by atoms with van der Waals surface area (Å²) in [4.78, 5) is 37.6. The number of hydrogen-bond donors (Lipinski definition) is 3. The molecular formula is C29H58N4O3. The molecule has 0 aromatic rings. The summed E-state index contributed by atoms with van der Waals surface area (Å²) < 4.78 is 0. The lowest BCUT2D eigenvalue weighted by Crippen LogP contribution is -2.35. The van der Waals surface area contributed by atoms with Gasteiger partial charge in [-0.15, -0.1) is 0 Å². The average Bonchev–Trinajstić information content (AvgIpc) is 2.85. The van der Waals surface area contributed by atoms with Crippen molar-refractivity contribution in [2.45, 2.75) is 129 Å². The third-order valence-electron chi connectivity index (χ3n) is 6.46. The molecule has 0 aromatic heterocycles. The molecular weight excluding hydrogens is 452 g/mol. The van der Waals surface area contributed by atoms with Crippen LogP contribution < -0.4 is 16.0 Å². The molecule has 0 heterocycles. The summed E-state index contributed by atoms with van der Waals surface area (Å²) in [7, 11) is 3.99. The molecule has 3 N–H and O–H groups in total. The van der Waals surface area contributed by atoms with Crippen LogP contribution in [0, 0.1) is 0 Å². The van der Waals surface area contributed by atoms with E-state index in [1.54, 1.807) is 0 Å². The highest BCUT2D eigenvalue weighted by atomic mass is 16.2. The molecule has 0 radical (unpaired) electrons. The van der Waals surface area contributed by atoms with Crippen LogP contribution in [0.25, 0.3) is 0 Å². The zero-order chi connectivity index (χ0) is 26.7. The fourth-order valence-electron chi connectivity index (χ4n) is 4.18. The van der Waals surface area contributed by atoms with Crippen LogP contribution in [0.1, 0.15) is 129 Å². The summed E-state index contributed by atoms with van der Waals surface area (Å²) in [6.07, 6.45) is 21.6. The van der Waals surface area contributed by atoms with E-state index >= 15 is 0 Å². The maximum absolute atomic E-state index is 11.9. The number of nitrogens with zero attached hydrogens (tertiary/aromatic N) is 1. The molecule has 0 aromatic carbocycles. The van der Waals surface area contributed by atoms with Crippen molar-refractivity contribution in [3.05, 3.63) is 0 Å². The predicted octanol–water partition coefficient (Wildman–Crippen LogP) is 5.33. The first-order valence-electron chi connectivity index (χ1n) is 14.9. The molecule has 0 spiro atoms. The van der Waals surface area contributed by atoms with Gasteiger partial charge in [0.2, 0.25) is 17.7 Å². The van der Waals surface area contributed by atoms with Crippen molar-refractivity contribution < 1.29 is 14.4 Å². The fraction of sp³-hybridized carbons (Fsp3) is 0.897. The number of nitrogens with one attached hydrogen (secondary N) is 3. The van der Waals surface area contributed by atoms with Crippen LogP contribution in [0.2, 0.25) is 0 Å². The molecule has 0 aliphatic rings. The van der Waals surface area contributed by atoms with Gasteiger partial charge in [-0.2, -0.15) is 0 Å². The Balaban J connectivity index is 3.37. The molecule has 36 heavy (non-hydrogen) atoms. The molecule has 7 heteroatoms. The monoisotopic (exact) mass is 510 g/mol. The van der Waals surface area contributed by atoms with E-state index in [0.717, 1.165) is 25.8 Å². The number of carbonyl (C=O) groups is 3. The second-order valence-electron chi connectivity index (χ2n) is 10.4. The molecule has 0 aliphatic heterocycles. The van der Waals surface area contributed by atoms with Gasteiger partial charge in [-0.05, 0) is 33.5 Å². The first-order chi connectivity index (χ1) is 17.5. The average molecular weight is 511 g/mol. The van der Waals surface area contributed by atoms with Gasteiger partial charge in [0, 0.05) is 38.9 Å². The van der Waals surface area contributed by atoms with Crippen molar-refractivity contribution in [2.75, 3.05) is 40.3 Å². The van der Waals surface area contributed by atoms with Gasteiger partial charge in [0.25, 0.3) is 0 Å². The summed E-state index contributed by atoms with van der Waals surface area (Å²) in [6.45, 7) is 4.65. The van der Waals surface area contributed by atoms with Gasteiger partial charge >= 0.3 is 0 Å². The van der Waals surface area contributed by atoms with Crippen molar-refractivity contribution >= 4 is 17.7 Å². The second kappa shape index (κ2) is 26.4. The van der Waals surface area contributed by atoms with Crippen LogP contribution in [0.15, 0.2) is 0 Å². The minimum Gasteiger partial charge on any atom is -0.356 e. The quantitative estimate of drug-likeness (QED) is 0.137. The minimum atomic E-state index is -0.157. The molecule has 212 valence electrons. The highest BCUT2D eigenvalue weighted by molar-refractivity contribution is 5.83. The third-order valence-corrected chi connectivity index (χ3v) is 6.46. The third kappa shape index (κ3) is 27.0. The summed E-state index contributed by atoms with van der Waals surface area (Å²) >= 11 is 0. The van der Waals surface area contributed by atoms with Crippen LogP contribution in [-0.2, 0) is 14.4 Å². The maximum atomic E-state index is 11.9. The Hall–Kier alpha value is -1.63. The van der Waals surface area contributed by atoms with Gasteiger partial charge in [-0.1, -0.05) is 96.8 Å². The predicted molar refractivity (Wildman–Crippen MR) is 151 cm³/mol. The van der Waals surface area contributed by atoms with E-state index in [-0.39, 0.29) is 30.6 Å². The molecule has 0 fully saturated rings. The highest BCUT2D eigenvalue weighted by Crippen LogP contribution is 2.13. The van der Waals surface area contributed by atoms with Crippen LogP contribution in [0.4, 0.5) is 0 Å². The first-order valence-corrected chi connectivity index (χ1v) is 14.9.